The second-order valence-electron chi connectivity index (χ2n) is 6.82. The summed E-state index contributed by atoms with van der Waals surface area (Å²) in [5.41, 5.74) is 6.68. The zero-order valence-electron chi connectivity index (χ0n) is 17.7. The van der Waals surface area contributed by atoms with Crippen molar-refractivity contribution in [3.05, 3.63) is 53.6 Å². The Balaban J connectivity index is 1.68. The molecule has 7 heteroatoms. The van der Waals surface area contributed by atoms with Crippen molar-refractivity contribution < 1.29 is 19.0 Å². The number of amides is 1. The maximum Gasteiger partial charge on any atom is 0.251 e. The van der Waals surface area contributed by atoms with Gasteiger partial charge in [-0.15, -0.1) is 0 Å². The van der Waals surface area contributed by atoms with Crippen LogP contribution in [0.2, 0.25) is 0 Å². The first kappa shape index (κ1) is 23.1. The van der Waals surface area contributed by atoms with Crippen molar-refractivity contribution >= 4 is 11.7 Å². The van der Waals surface area contributed by atoms with Gasteiger partial charge in [0.05, 0.1) is 20.3 Å². The Hall–Kier alpha value is -3.22. The highest BCUT2D eigenvalue weighted by Crippen LogP contribution is 2.28. The zero-order valence-corrected chi connectivity index (χ0v) is 17.7. The SMILES string of the molecule is CCCNC(=O)c1ccc(OCCCCCOc2ccc(C(=N)N)cc2)c(OC)c1. The van der Waals surface area contributed by atoms with Gasteiger partial charge in [0.2, 0.25) is 0 Å². The van der Waals surface area contributed by atoms with Crippen LogP contribution in [0.25, 0.3) is 0 Å². The lowest BCUT2D eigenvalue weighted by atomic mass is 10.2. The summed E-state index contributed by atoms with van der Waals surface area (Å²) in [5.74, 6) is 1.89. The number of rotatable bonds is 13. The third kappa shape index (κ3) is 7.31. The van der Waals surface area contributed by atoms with E-state index >= 15 is 0 Å². The quantitative estimate of drug-likeness (QED) is 0.263. The van der Waals surface area contributed by atoms with Gasteiger partial charge in [0.15, 0.2) is 11.5 Å². The fourth-order valence-corrected chi connectivity index (χ4v) is 2.75. The molecule has 0 radical (unpaired) electrons. The Kier molecular flexibility index (Phi) is 9.51. The van der Waals surface area contributed by atoms with Crippen molar-refractivity contribution in [2.75, 3.05) is 26.9 Å². The summed E-state index contributed by atoms with van der Waals surface area (Å²) in [5, 5.41) is 10.2. The minimum Gasteiger partial charge on any atom is -0.494 e. The molecule has 0 aliphatic heterocycles. The first-order valence-electron chi connectivity index (χ1n) is 10.2. The smallest absolute Gasteiger partial charge is 0.251 e. The van der Waals surface area contributed by atoms with Crippen molar-refractivity contribution in [1.29, 1.82) is 5.41 Å². The minimum atomic E-state index is -0.113. The molecule has 30 heavy (non-hydrogen) atoms. The maximum atomic E-state index is 12.1. The number of methoxy groups -OCH3 is 1. The highest BCUT2D eigenvalue weighted by molar-refractivity contribution is 5.95. The standard InChI is InChI=1S/C23H31N3O4/c1-3-13-26-23(27)18-9-12-20(21(16-18)28-2)30-15-6-4-5-14-29-19-10-7-17(8-11-19)22(24)25/h7-12,16H,3-6,13-15H2,1-2H3,(H3,24,25)(H,26,27). The predicted molar refractivity (Wildman–Crippen MR) is 118 cm³/mol. The third-order valence-electron chi connectivity index (χ3n) is 4.44. The molecule has 0 aliphatic carbocycles. The van der Waals surface area contributed by atoms with Gasteiger partial charge in [-0.25, -0.2) is 0 Å². The Morgan fingerprint density at radius 1 is 0.967 bits per heavy atom. The molecule has 0 fully saturated rings. The summed E-state index contributed by atoms with van der Waals surface area (Å²) >= 11 is 0. The van der Waals surface area contributed by atoms with Gasteiger partial charge in [-0.2, -0.15) is 0 Å². The molecule has 0 bridgehead atoms. The molecule has 0 atom stereocenters. The Morgan fingerprint density at radius 2 is 1.63 bits per heavy atom. The lowest BCUT2D eigenvalue weighted by Crippen LogP contribution is -2.23. The van der Waals surface area contributed by atoms with Crippen LogP contribution in [0.15, 0.2) is 42.5 Å². The topological polar surface area (TPSA) is 107 Å². The van der Waals surface area contributed by atoms with E-state index in [0.717, 1.165) is 31.4 Å². The number of unbranched alkanes of at least 4 members (excludes halogenated alkanes) is 2. The van der Waals surface area contributed by atoms with Gasteiger partial charge < -0.3 is 25.3 Å². The molecule has 2 aromatic carbocycles. The van der Waals surface area contributed by atoms with E-state index in [1.165, 1.54) is 0 Å². The summed E-state index contributed by atoms with van der Waals surface area (Å²) in [7, 11) is 1.57. The molecule has 0 heterocycles. The summed E-state index contributed by atoms with van der Waals surface area (Å²) in [6.45, 7) is 3.83. The molecule has 2 rings (SSSR count). The van der Waals surface area contributed by atoms with Gasteiger partial charge in [-0.1, -0.05) is 6.92 Å². The fourth-order valence-electron chi connectivity index (χ4n) is 2.75. The average molecular weight is 414 g/mol. The van der Waals surface area contributed by atoms with Crippen LogP contribution in [0, 0.1) is 5.41 Å². The van der Waals surface area contributed by atoms with Crippen LogP contribution in [-0.2, 0) is 0 Å². The number of benzene rings is 2. The van der Waals surface area contributed by atoms with E-state index in [4.69, 9.17) is 25.4 Å². The number of nitrogens with two attached hydrogens (primary N) is 1. The predicted octanol–water partition coefficient (Wildman–Crippen LogP) is 3.75. The van der Waals surface area contributed by atoms with Crippen LogP contribution in [0.1, 0.15) is 48.5 Å². The number of nitrogen functional groups attached to an aromatic ring is 1. The number of hydrogen-bond acceptors (Lipinski definition) is 5. The Bertz CT molecular complexity index is 822. The number of carbonyl (C=O) groups is 1. The van der Waals surface area contributed by atoms with Crippen LogP contribution < -0.4 is 25.3 Å². The molecule has 7 nitrogen and oxygen atoms in total. The number of amidine groups is 1. The van der Waals surface area contributed by atoms with Crippen molar-refractivity contribution in [2.45, 2.75) is 32.6 Å². The summed E-state index contributed by atoms with van der Waals surface area (Å²) in [6.07, 6.45) is 3.65. The number of hydrogen-bond donors (Lipinski definition) is 3. The molecule has 0 spiro atoms. The second kappa shape index (κ2) is 12.4. The number of ether oxygens (including phenoxy) is 3. The number of nitrogens with one attached hydrogen (secondary N) is 2. The van der Waals surface area contributed by atoms with Crippen LogP contribution in [0.5, 0.6) is 17.2 Å². The Morgan fingerprint density at radius 3 is 2.27 bits per heavy atom. The van der Waals surface area contributed by atoms with Gasteiger partial charge in [-0.3, -0.25) is 10.2 Å². The summed E-state index contributed by atoms with van der Waals surface area (Å²) < 4.78 is 16.9. The van der Waals surface area contributed by atoms with E-state index in [2.05, 4.69) is 5.32 Å². The van der Waals surface area contributed by atoms with Crippen LogP contribution in [-0.4, -0.2) is 38.6 Å². The molecule has 1 amide bonds. The van der Waals surface area contributed by atoms with E-state index in [1.807, 2.05) is 19.1 Å². The van der Waals surface area contributed by atoms with Crippen molar-refractivity contribution in [2.24, 2.45) is 5.73 Å². The molecular formula is C23H31N3O4. The molecule has 0 aromatic heterocycles. The zero-order chi connectivity index (χ0) is 21.8. The molecule has 0 saturated carbocycles. The van der Waals surface area contributed by atoms with Crippen LogP contribution >= 0.6 is 0 Å². The molecule has 0 unspecified atom stereocenters. The lowest BCUT2D eigenvalue weighted by molar-refractivity contribution is 0.0953. The van der Waals surface area contributed by atoms with Crippen molar-refractivity contribution in [3.8, 4) is 17.2 Å². The van der Waals surface area contributed by atoms with E-state index in [1.54, 1.807) is 37.4 Å². The van der Waals surface area contributed by atoms with Crippen LogP contribution in [0.4, 0.5) is 0 Å². The molecule has 162 valence electrons. The minimum absolute atomic E-state index is 0.0487. The monoisotopic (exact) mass is 413 g/mol. The highest BCUT2D eigenvalue weighted by Gasteiger charge is 2.10. The largest absolute Gasteiger partial charge is 0.494 e. The molecular weight excluding hydrogens is 382 g/mol. The van der Waals surface area contributed by atoms with E-state index in [0.29, 0.717) is 42.4 Å². The van der Waals surface area contributed by atoms with Crippen LogP contribution in [0.3, 0.4) is 0 Å². The molecule has 2 aromatic rings. The average Bonchev–Trinajstić information content (AvgIpc) is 2.77. The second-order valence-corrected chi connectivity index (χ2v) is 6.82. The maximum absolute atomic E-state index is 12.1. The molecule has 0 saturated heterocycles. The third-order valence-corrected chi connectivity index (χ3v) is 4.44. The summed E-state index contributed by atoms with van der Waals surface area (Å²) in [6, 6.07) is 12.4. The normalized spacial score (nSPS) is 10.3. The van der Waals surface area contributed by atoms with E-state index < -0.39 is 0 Å². The molecule has 4 N–H and O–H groups in total. The Labute approximate surface area is 178 Å². The van der Waals surface area contributed by atoms with Gasteiger partial charge >= 0.3 is 0 Å². The van der Waals surface area contributed by atoms with Gasteiger partial charge in [0, 0.05) is 17.7 Å². The summed E-state index contributed by atoms with van der Waals surface area (Å²) in [4.78, 5) is 12.1. The molecule has 0 aliphatic rings. The van der Waals surface area contributed by atoms with Crippen molar-refractivity contribution in [3.63, 3.8) is 0 Å². The first-order chi connectivity index (χ1) is 14.5. The van der Waals surface area contributed by atoms with Crippen molar-refractivity contribution in [1.82, 2.24) is 5.32 Å². The lowest BCUT2D eigenvalue weighted by Gasteiger charge is -2.12. The van der Waals surface area contributed by atoms with Gasteiger partial charge in [0.1, 0.15) is 11.6 Å². The highest BCUT2D eigenvalue weighted by atomic mass is 16.5. The fraction of sp³-hybridized carbons (Fsp3) is 0.391. The van der Waals surface area contributed by atoms with E-state index in [-0.39, 0.29) is 11.7 Å². The van der Waals surface area contributed by atoms with E-state index in [9.17, 15) is 4.79 Å². The van der Waals surface area contributed by atoms with Gasteiger partial charge in [-0.05, 0) is 68.1 Å². The first-order valence-corrected chi connectivity index (χ1v) is 10.2. The van der Waals surface area contributed by atoms with Gasteiger partial charge in [0.25, 0.3) is 5.91 Å². The number of carbonyl (C=O) groups excluding carboxylic acids is 1.